The van der Waals surface area contributed by atoms with Gasteiger partial charge in [-0.25, -0.2) is 4.79 Å². The Morgan fingerprint density at radius 1 is 1.00 bits per heavy atom. The van der Waals surface area contributed by atoms with Crippen LogP contribution in [0.15, 0.2) is 54.6 Å². The predicted molar refractivity (Wildman–Crippen MR) is 130 cm³/mol. The normalized spacial score (nSPS) is 12.7. The Morgan fingerprint density at radius 2 is 1.68 bits per heavy atom. The van der Waals surface area contributed by atoms with Gasteiger partial charge in [0.15, 0.2) is 0 Å². The number of carbonyl (C=O) groups excluding carboxylic acids is 2. The van der Waals surface area contributed by atoms with Gasteiger partial charge in [0, 0.05) is 30.9 Å². The number of rotatable bonds is 9. The molecule has 2 rings (SSSR count). The highest BCUT2D eigenvalue weighted by Crippen LogP contribution is 2.31. The number of urea groups is 1. The molecule has 5 nitrogen and oxygen atoms in total. The van der Waals surface area contributed by atoms with E-state index in [9.17, 15) is 22.8 Å². The Labute approximate surface area is 199 Å². The van der Waals surface area contributed by atoms with Crippen molar-refractivity contribution in [2.45, 2.75) is 53.1 Å². The van der Waals surface area contributed by atoms with Crippen molar-refractivity contribution in [3.8, 4) is 0 Å². The summed E-state index contributed by atoms with van der Waals surface area (Å²) in [5.74, 6) is 0.232. The third-order valence-electron chi connectivity index (χ3n) is 5.13. The Kier molecular flexibility index (Phi) is 9.53. The highest BCUT2D eigenvalue weighted by molar-refractivity contribution is 6.01. The molecule has 0 aromatic heterocycles. The van der Waals surface area contributed by atoms with E-state index >= 15 is 0 Å². The first-order chi connectivity index (χ1) is 15.8. The van der Waals surface area contributed by atoms with Gasteiger partial charge in [-0.05, 0) is 54.5 Å². The number of anilines is 2. The molecule has 34 heavy (non-hydrogen) atoms. The number of hydrogen-bond acceptors (Lipinski definition) is 2. The zero-order chi connectivity index (χ0) is 25.4. The molecule has 0 saturated carbocycles. The summed E-state index contributed by atoms with van der Waals surface area (Å²) < 4.78 is 39.0. The summed E-state index contributed by atoms with van der Waals surface area (Å²) in [6, 6.07) is 12.8. The molecular weight excluding hydrogens is 443 g/mol. The van der Waals surface area contributed by atoms with Crippen LogP contribution in [0.3, 0.4) is 0 Å². The lowest BCUT2D eigenvalue weighted by atomic mass is 9.84. The molecule has 0 bridgehead atoms. The van der Waals surface area contributed by atoms with Crippen molar-refractivity contribution in [3.05, 3.63) is 60.2 Å². The summed E-state index contributed by atoms with van der Waals surface area (Å²) in [4.78, 5) is 26.6. The van der Waals surface area contributed by atoms with Gasteiger partial charge < -0.3 is 10.6 Å². The van der Waals surface area contributed by atoms with Crippen LogP contribution in [0.4, 0.5) is 29.3 Å². The lowest BCUT2D eigenvalue weighted by Crippen LogP contribution is -2.37. The van der Waals surface area contributed by atoms with Gasteiger partial charge in [-0.3, -0.25) is 9.69 Å². The summed E-state index contributed by atoms with van der Waals surface area (Å²) in [5, 5.41) is 5.45. The average molecular weight is 478 g/mol. The Morgan fingerprint density at radius 3 is 2.29 bits per heavy atom. The maximum Gasteiger partial charge on any atom is 0.416 e. The van der Waals surface area contributed by atoms with Crippen LogP contribution >= 0.6 is 0 Å². The number of halogens is 3. The molecule has 2 aromatic carbocycles. The first-order valence-electron chi connectivity index (χ1n) is 11.4. The SMILES string of the molecule is CC(CC(=O)NCCCN(C(=O)Nc1cccc(C(F)(F)F)c1)c1ccccc1)CC(C)(C)C. The predicted octanol–water partition coefficient (Wildman–Crippen LogP) is 6.71. The lowest BCUT2D eigenvalue weighted by molar-refractivity contribution is -0.137. The van der Waals surface area contributed by atoms with Crippen molar-refractivity contribution in [2.75, 3.05) is 23.3 Å². The molecule has 2 aromatic rings. The number of benzene rings is 2. The highest BCUT2D eigenvalue weighted by Gasteiger charge is 2.30. The molecule has 0 aliphatic carbocycles. The van der Waals surface area contributed by atoms with Crippen LogP contribution in [0.5, 0.6) is 0 Å². The molecule has 1 atom stereocenters. The van der Waals surface area contributed by atoms with Crippen molar-refractivity contribution < 1.29 is 22.8 Å². The smallest absolute Gasteiger partial charge is 0.356 e. The van der Waals surface area contributed by atoms with E-state index < -0.39 is 17.8 Å². The molecule has 0 aliphatic heterocycles. The first-order valence-corrected chi connectivity index (χ1v) is 11.4. The van der Waals surface area contributed by atoms with E-state index in [0.717, 1.165) is 18.6 Å². The fraction of sp³-hybridized carbons (Fsp3) is 0.462. The molecule has 3 amide bonds. The van der Waals surface area contributed by atoms with Crippen LogP contribution in [-0.4, -0.2) is 25.0 Å². The molecular formula is C26H34F3N3O2. The number of para-hydroxylation sites is 1. The van der Waals surface area contributed by atoms with Gasteiger partial charge in [-0.1, -0.05) is 52.0 Å². The second kappa shape index (κ2) is 11.9. The van der Waals surface area contributed by atoms with Crippen molar-refractivity contribution >= 4 is 23.3 Å². The molecule has 0 saturated heterocycles. The van der Waals surface area contributed by atoms with E-state index in [0.29, 0.717) is 25.1 Å². The summed E-state index contributed by atoms with van der Waals surface area (Å²) in [6.07, 6.45) is -2.62. The second-order valence-electron chi connectivity index (χ2n) is 9.77. The molecule has 0 spiro atoms. The monoisotopic (exact) mass is 477 g/mol. The molecule has 186 valence electrons. The molecule has 0 fully saturated rings. The number of hydrogen-bond donors (Lipinski definition) is 2. The molecule has 1 unspecified atom stereocenters. The van der Waals surface area contributed by atoms with Crippen LogP contribution in [0.25, 0.3) is 0 Å². The second-order valence-corrected chi connectivity index (χ2v) is 9.77. The number of carbonyl (C=O) groups is 2. The first kappa shape index (κ1) is 27.2. The van der Waals surface area contributed by atoms with Crippen LogP contribution in [0, 0.1) is 11.3 Å². The van der Waals surface area contributed by atoms with E-state index in [-0.39, 0.29) is 29.5 Å². The van der Waals surface area contributed by atoms with Crippen molar-refractivity contribution in [1.82, 2.24) is 5.32 Å². The van der Waals surface area contributed by atoms with Crippen molar-refractivity contribution in [2.24, 2.45) is 11.3 Å². The van der Waals surface area contributed by atoms with Crippen molar-refractivity contribution in [1.29, 1.82) is 0 Å². The summed E-state index contributed by atoms with van der Waals surface area (Å²) >= 11 is 0. The average Bonchev–Trinajstić information content (AvgIpc) is 2.72. The molecule has 2 N–H and O–H groups in total. The lowest BCUT2D eigenvalue weighted by Gasteiger charge is -2.24. The molecule has 0 aliphatic rings. The number of amides is 3. The van der Waals surface area contributed by atoms with Gasteiger partial charge in [-0.2, -0.15) is 13.2 Å². The highest BCUT2D eigenvalue weighted by atomic mass is 19.4. The maximum absolute atomic E-state index is 13.0. The number of nitrogens with zero attached hydrogens (tertiary/aromatic N) is 1. The van der Waals surface area contributed by atoms with Gasteiger partial charge in [0.2, 0.25) is 5.91 Å². The van der Waals surface area contributed by atoms with E-state index in [2.05, 4.69) is 38.3 Å². The minimum Gasteiger partial charge on any atom is -0.356 e. The standard InChI is InChI=1S/C26H34F3N3O2/c1-19(18-25(2,3)4)16-23(33)30-14-9-15-32(22-12-6-5-7-13-22)24(34)31-21-11-8-10-20(17-21)26(27,28)29/h5-8,10-13,17,19H,9,14-16,18H2,1-4H3,(H,30,33)(H,31,34). The minimum atomic E-state index is -4.50. The van der Waals surface area contributed by atoms with Crippen LogP contribution in [0.2, 0.25) is 0 Å². The van der Waals surface area contributed by atoms with Crippen LogP contribution in [0.1, 0.15) is 52.5 Å². The van der Waals surface area contributed by atoms with Gasteiger partial charge in [-0.15, -0.1) is 0 Å². The minimum absolute atomic E-state index is 0.0311. The van der Waals surface area contributed by atoms with Gasteiger partial charge in [0.05, 0.1) is 5.56 Å². The fourth-order valence-electron chi connectivity index (χ4n) is 3.89. The molecule has 0 radical (unpaired) electrons. The summed E-state index contributed by atoms with van der Waals surface area (Å²) in [7, 11) is 0. The Balaban J connectivity index is 1.96. The van der Waals surface area contributed by atoms with Gasteiger partial charge in [0.25, 0.3) is 0 Å². The van der Waals surface area contributed by atoms with E-state index in [4.69, 9.17) is 0 Å². The van der Waals surface area contributed by atoms with E-state index in [1.54, 1.807) is 24.3 Å². The van der Waals surface area contributed by atoms with Gasteiger partial charge in [0.1, 0.15) is 0 Å². The number of alkyl halides is 3. The zero-order valence-electron chi connectivity index (χ0n) is 20.2. The van der Waals surface area contributed by atoms with E-state index in [1.165, 1.54) is 17.0 Å². The van der Waals surface area contributed by atoms with E-state index in [1.807, 2.05) is 6.07 Å². The Hall–Kier alpha value is -3.03. The summed E-state index contributed by atoms with van der Waals surface area (Å²) in [5.41, 5.74) is -0.0120. The fourth-order valence-corrected chi connectivity index (χ4v) is 3.89. The zero-order valence-corrected chi connectivity index (χ0v) is 20.2. The van der Waals surface area contributed by atoms with Crippen molar-refractivity contribution in [3.63, 3.8) is 0 Å². The largest absolute Gasteiger partial charge is 0.416 e. The quantitative estimate of drug-likeness (QED) is 0.394. The maximum atomic E-state index is 13.0. The van der Waals surface area contributed by atoms with Gasteiger partial charge >= 0.3 is 12.2 Å². The Bertz CT molecular complexity index is 940. The molecule has 8 heteroatoms. The topological polar surface area (TPSA) is 61.4 Å². The third kappa shape index (κ3) is 9.45. The molecule has 0 heterocycles. The van der Waals surface area contributed by atoms with Crippen LogP contribution < -0.4 is 15.5 Å². The third-order valence-corrected chi connectivity index (χ3v) is 5.13. The summed E-state index contributed by atoms with van der Waals surface area (Å²) in [6.45, 7) is 9.16. The van der Waals surface area contributed by atoms with Crippen LogP contribution in [-0.2, 0) is 11.0 Å². The number of nitrogens with one attached hydrogen (secondary N) is 2.